The number of halogens is 3. The smallest absolute Gasteiger partial charge is 0.475 e. The van der Waals surface area contributed by atoms with Crippen molar-refractivity contribution < 1.29 is 27.9 Å². The van der Waals surface area contributed by atoms with Gasteiger partial charge in [-0.2, -0.15) is 13.2 Å². The second-order valence-electron chi connectivity index (χ2n) is 6.68. The minimum absolute atomic E-state index is 0.0773. The van der Waals surface area contributed by atoms with E-state index in [1.807, 2.05) is 48.8 Å². The second kappa shape index (κ2) is 7.95. The number of imidazole rings is 1. The van der Waals surface area contributed by atoms with Crippen LogP contribution < -0.4 is 10.6 Å². The number of amides is 1. The standard InChI is InChI=1S/C15H20N4O.C2HF3O2/c1-15(2,18-14(20)11-6-7-16-9-11)12-10-17-13-5-3-4-8-19(12)13;3-2(4,5)1(6)7/h3-5,8,10-11,16H,6-7,9H2,1-2H3,(H,18,20);(H,6,7)/t11-;/m1./s1. The van der Waals surface area contributed by atoms with Gasteiger partial charge in [-0.3, -0.25) is 4.79 Å². The van der Waals surface area contributed by atoms with Crippen molar-refractivity contribution in [2.45, 2.75) is 32.0 Å². The minimum atomic E-state index is -5.08. The number of hydrogen-bond acceptors (Lipinski definition) is 4. The molecule has 0 spiro atoms. The Labute approximate surface area is 153 Å². The van der Waals surface area contributed by atoms with Crippen molar-refractivity contribution in [3.63, 3.8) is 0 Å². The summed E-state index contributed by atoms with van der Waals surface area (Å²) in [7, 11) is 0. The third-order valence-electron chi connectivity index (χ3n) is 4.17. The van der Waals surface area contributed by atoms with Gasteiger partial charge in [0.25, 0.3) is 0 Å². The molecule has 0 aromatic carbocycles. The maximum atomic E-state index is 12.3. The Kier molecular flexibility index (Phi) is 6.09. The molecule has 10 heteroatoms. The predicted molar refractivity (Wildman–Crippen MR) is 91.0 cm³/mol. The van der Waals surface area contributed by atoms with Crippen LogP contribution in [0.3, 0.4) is 0 Å². The quantitative estimate of drug-likeness (QED) is 0.749. The maximum Gasteiger partial charge on any atom is 0.490 e. The van der Waals surface area contributed by atoms with Crippen molar-refractivity contribution >= 4 is 17.5 Å². The van der Waals surface area contributed by atoms with Crippen LogP contribution in [0.4, 0.5) is 13.2 Å². The van der Waals surface area contributed by atoms with E-state index >= 15 is 0 Å². The molecule has 0 bridgehead atoms. The number of carboxylic acids is 1. The summed E-state index contributed by atoms with van der Waals surface area (Å²) in [5.41, 5.74) is 1.44. The number of rotatable bonds is 3. The number of aliphatic carboxylic acids is 1. The van der Waals surface area contributed by atoms with Crippen molar-refractivity contribution in [3.8, 4) is 0 Å². The van der Waals surface area contributed by atoms with Gasteiger partial charge >= 0.3 is 12.1 Å². The Morgan fingerprint density at radius 2 is 2.00 bits per heavy atom. The van der Waals surface area contributed by atoms with E-state index < -0.39 is 17.7 Å². The van der Waals surface area contributed by atoms with Gasteiger partial charge in [-0.1, -0.05) is 6.07 Å². The summed E-state index contributed by atoms with van der Waals surface area (Å²) >= 11 is 0. The van der Waals surface area contributed by atoms with Gasteiger partial charge < -0.3 is 20.1 Å². The van der Waals surface area contributed by atoms with Crippen molar-refractivity contribution in [2.24, 2.45) is 5.92 Å². The largest absolute Gasteiger partial charge is 0.490 e. The number of aromatic nitrogens is 2. The molecule has 1 aliphatic heterocycles. The average Bonchev–Trinajstić information content (AvgIpc) is 3.24. The zero-order valence-electron chi connectivity index (χ0n) is 14.9. The number of carbonyl (C=O) groups is 2. The van der Waals surface area contributed by atoms with E-state index in [2.05, 4.69) is 15.6 Å². The van der Waals surface area contributed by atoms with Gasteiger partial charge in [0.15, 0.2) is 0 Å². The summed E-state index contributed by atoms with van der Waals surface area (Å²) in [4.78, 5) is 25.6. The van der Waals surface area contributed by atoms with Crippen LogP contribution in [-0.2, 0) is 15.1 Å². The number of fused-ring (bicyclic) bond motifs is 1. The first-order valence-electron chi connectivity index (χ1n) is 8.28. The van der Waals surface area contributed by atoms with Crippen LogP contribution in [0.1, 0.15) is 26.0 Å². The summed E-state index contributed by atoms with van der Waals surface area (Å²) in [6.45, 7) is 5.73. The summed E-state index contributed by atoms with van der Waals surface area (Å²) < 4.78 is 33.8. The minimum Gasteiger partial charge on any atom is -0.475 e. The molecule has 2 aromatic rings. The van der Waals surface area contributed by atoms with Crippen molar-refractivity contribution in [1.82, 2.24) is 20.0 Å². The van der Waals surface area contributed by atoms with Gasteiger partial charge in [0.2, 0.25) is 5.91 Å². The molecular weight excluding hydrogens is 365 g/mol. The van der Waals surface area contributed by atoms with Crippen molar-refractivity contribution in [3.05, 3.63) is 36.3 Å². The molecule has 148 valence electrons. The van der Waals surface area contributed by atoms with E-state index in [4.69, 9.17) is 9.90 Å². The molecular formula is C17H21F3N4O3. The Bertz CT molecular complexity index is 811. The Morgan fingerprint density at radius 1 is 1.33 bits per heavy atom. The highest BCUT2D eigenvalue weighted by Crippen LogP contribution is 2.22. The highest BCUT2D eigenvalue weighted by molar-refractivity contribution is 5.80. The number of nitrogens with zero attached hydrogens (tertiary/aromatic N) is 2. The molecule has 0 radical (unpaired) electrons. The molecule has 1 amide bonds. The van der Waals surface area contributed by atoms with Gasteiger partial charge in [-0.05, 0) is 38.9 Å². The van der Waals surface area contributed by atoms with Gasteiger partial charge in [-0.15, -0.1) is 0 Å². The fourth-order valence-corrected chi connectivity index (χ4v) is 2.75. The molecule has 3 heterocycles. The third-order valence-corrected chi connectivity index (χ3v) is 4.17. The van der Waals surface area contributed by atoms with Crippen molar-refractivity contribution in [1.29, 1.82) is 0 Å². The second-order valence-corrected chi connectivity index (χ2v) is 6.68. The van der Waals surface area contributed by atoms with Crippen LogP contribution in [0.15, 0.2) is 30.6 Å². The molecule has 3 N–H and O–H groups in total. The molecule has 2 aromatic heterocycles. The SMILES string of the molecule is CC(C)(NC(=O)[C@@H]1CCNC1)c1cnc2ccccn12.O=C(O)C(F)(F)F. The Hall–Kier alpha value is -2.62. The van der Waals surface area contributed by atoms with Gasteiger partial charge in [0.05, 0.1) is 23.3 Å². The van der Waals surface area contributed by atoms with E-state index in [1.165, 1.54) is 0 Å². The lowest BCUT2D eigenvalue weighted by Gasteiger charge is -2.27. The number of carbonyl (C=O) groups excluding carboxylic acids is 1. The highest BCUT2D eigenvalue weighted by Gasteiger charge is 2.38. The molecule has 1 aliphatic rings. The summed E-state index contributed by atoms with van der Waals surface area (Å²) in [5.74, 6) is -2.56. The van der Waals surface area contributed by atoms with Crippen LogP contribution in [0.2, 0.25) is 0 Å². The third kappa shape index (κ3) is 5.19. The van der Waals surface area contributed by atoms with Crippen LogP contribution in [0.5, 0.6) is 0 Å². The van der Waals surface area contributed by atoms with Gasteiger partial charge in [0, 0.05) is 12.7 Å². The van der Waals surface area contributed by atoms with Gasteiger partial charge in [-0.25, -0.2) is 9.78 Å². The zero-order valence-corrected chi connectivity index (χ0v) is 14.9. The van der Waals surface area contributed by atoms with Crippen molar-refractivity contribution in [2.75, 3.05) is 13.1 Å². The first kappa shape index (κ1) is 20.7. The molecule has 3 rings (SSSR count). The normalized spacial score (nSPS) is 17.3. The molecule has 0 saturated carbocycles. The maximum absolute atomic E-state index is 12.3. The average molecular weight is 386 g/mol. The topological polar surface area (TPSA) is 95.7 Å². The molecule has 0 unspecified atom stereocenters. The van der Waals surface area contributed by atoms with E-state index in [0.717, 1.165) is 30.9 Å². The number of nitrogens with one attached hydrogen (secondary N) is 2. The summed E-state index contributed by atoms with van der Waals surface area (Å²) in [5, 5.41) is 13.5. The first-order valence-corrected chi connectivity index (χ1v) is 8.28. The fraction of sp³-hybridized carbons (Fsp3) is 0.471. The lowest BCUT2D eigenvalue weighted by atomic mass is 9.99. The number of hydrogen-bond donors (Lipinski definition) is 3. The van der Waals surface area contributed by atoms with E-state index in [0.29, 0.717) is 0 Å². The summed E-state index contributed by atoms with van der Waals surface area (Å²) in [6, 6.07) is 5.89. The lowest BCUT2D eigenvalue weighted by molar-refractivity contribution is -0.192. The lowest BCUT2D eigenvalue weighted by Crippen LogP contribution is -2.45. The number of alkyl halides is 3. The zero-order chi connectivity index (χ0) is 20.2. The fourth-order valence-electron chi connectivity index (χ4n) is 2.75. The molecule has 1 fully saturated rings. The Morgan fingerprint density at radius 3 is 2.56 bits per heavy atom. The van der Waals surface area contributed by atoms with E-state index in [-0.39, 0.29) is 11.8 Å². The number of carboxylic acid groups (broad SMARTS) is 1. The first-order chi connectivity index (χ1) is 12.5. The van der Waals surface area contributed by atoms with Crippen LogP contribution in [-0.4, -0.2) is 45.6 Å². The van der Waals surface area contributed by atoms with Gasteiger partial charge in [0.1, 0.15) is 5.65 Å². The molecule has 27 heavy (non-hydrogen) atoms. The molecule has 7 nitrogen and oxygen atoms in total. The Balaban J connectivity index is 0.000000321. The highest BCUT2D eigenvalue weighted by atomic mass is 19.4. The van der Waals surface area contributed by atoms with E-state index in [1.54, 1.807) is 0 Å². The predicted octanol–water partition coefficient (Wildman–Crippen LogP) is 1.93. The van der Waals surface area contributed by atoms with Crippen LogP contribution in [0.25, 0.3) is 5.65 Å². The van der Waals surface area contributed by atoms with Crippen LogP contribution in [0, 0.1) is 5.92 Å². The molecule has 1 saturated heterocycles. The monoisotopic (exact) mass is 386 g/mol. The molecule has 1 atom stereocenters. The van der Waals surface area contributed by atoms with E-state index in [9.17, 15) is 18.0 Å². The molecule has 0 aliphatic carbocycles. The number of pyridine rings is 1. The summed E-state index contributed by atoms with van der Waals surface area (Å²) in [6.07, 6.45) is -0.361. The van der Waals surface area contributed by atoms with Crippen LogP contribution >= 0.6 is 0 Å².